The number of hydrogen-bond acceptors (Lipinski definition) is 2. The van der Waals surface area contributed by atoms with E-state index in [4.69, 9.17) is 4.42 Å². The summed E-state index contributed by atoms with van der Waals surface area (Å²) in [6.07, 6.45) is 0. The maximum absolute atomic E-state index is 6.69. The van der Waals surface area contributed by atoms with Gasteiger partial charge < -0.3 is 9.73 Å². The van der Waals surface area contributed by atoms with E-state index in [9.17, 15) is 0 Å². The highest BCUT2D eigenvalue weighted by Crippen LogP contribution is 2.43. The highest BCUT2D eigenvalue weighted by atomic mass is 16.3. The average molecular weight is 492 g/mol. The predicted octanol–water partition coefficient (Wildman–Crippen LogP) is 10.6. The number of nitrogens with one attached hydrogen (secondary N) is 1. The van der Waals surface area contributed by atoms with Crippen molar-refractivity contribution in [1.29, 1.82) is 0 Å². The van der Waals surface area contributed by atoms with Crippen LogP contribution in [0.4, 0.5) is 11.4 Å². The Labute approximate surface area is 222 Å². The lowest BCUT2D eigenvalue weighted by Crippen LogP contribution is -2.10. The summed E-state index contributed by atoms with van der Waals surface area (Å²) in [6.45, 7) is 6.72. The standard InChI is InChI=1S/C36H29NO/c1-36(2,3)31-14-8-13-30-33-29-12-7-6-11-27(29)22-32(35(33)38-34(30)31)37-28-19-17-24(18-20-28)26-16-15-23-9-4-5-10-25(23)21-26/h4-22,37H,1-3H3. The van der Waals surface area contributed by atoms with Crippen molar-refractivity contribution in [2.24, 2.45) is 0 Å². The number of para-hydroxylation sites is 1. The number of rotatable bonds is 3. The van der Waals surface area contributed by atoms with Crippen molar-refractivity contribution in [1.82, 2.24) is 0 Å². The largest absolute Gasteiger partial charge is 0.454 e. The number of benzene rings is 6. The Kier molecular flexibility index (Phi) is 5.06. The fourth-order valence-corrected chi connectivity index (χ4v) is 5.60. The summed E-state index contributed by atoms with van der Waals surface area (Å²) >= 11 is 0. The quantitative estimate of drug-likeness (QED) is 0.266. The first kappa shape index (κ1) is 22.6. The van der Waals surface area contributed by atoms with Gasteiger partial charge in [-0.15, -0.1) is 0 Å². The van der Waals surface area contributed by atoms with Gasteiger partial charge in [-0.05, 0) is 62.4 Å². The highest BCUT2D eigenvalue weighted by molar-refractivity contribution is 6.22. The van der Waals surface area contributed by atoms with Crippen molar-refractivity contribution in [2.45, 2.75) is 26.2 Å². The molecule has 6 aromatic carbocycles. The third-order valence-electron chi connectivity index (χ3n) is 7.54. The van der Waals surface area contributed by atoms with E-state index in [2.05, 4.69) is 141 Å². The molecule has 7 aromatic rings. The van der Waals surface area contributed by atoms with Crippen LogP contribution in [-0.4, -0.2) is 0 Å². The van der Waals surface area contributed by atoms with E-state index in [0.29, 0.717) is 0 Å². The molecule has 0 unspecified atom stereocenters. The van der Waals surface area contributed by atoms with E-state index < -0.39 is 0 Å². The minimum atomic E-state index is -0.0185. The Balaban J connectivity index is 1.34. The first-order valence-corrected chi connectivity index (χ1v) is 13.2. The van der Waals surface area contributed by atoms with E-state index in [-0.39, 0.29) is 5.41 Å². The summed E-state index contributed by atoms with van der Waals surface area (Å²) in [5, 5.41) is 10.9. The summed E-state index contributed by atoms with van der Waals surface area (Å²) in [5.74, 6) is 0. The van der Waals surface area contributed by atoms with Gasteiger partial charge in [-0.2, -0.15) is 0 Å². The first-order valence-electron chi connectivity index (χ1n) is 13.2. The Hall–Kier alpha value is -4.56. The van der Waals surface area contributed by atoms with Gasteiger partial charge in [-0.1, -0.05) is 112 Å². The third-order valence-corrected chi connectivity index (χ3v) is 7.54. The normalized spacial score (nSPS) is 12.1. The van der Waals surface area contributed by atoms with Crippen LogP contribution in [0, 0.1) is 0 Å². The van der Waals surface area contributed by atoms with E-state index in [1.807, 2.05) is 0 Å². The molecule has 0 saturated carbocycles. The summed E-state index contributed by atoms with van der Waals surface area (Å²) in [5.41, 5.74) is 7.50. The lowest BCUT2D eigenvalue weighted by Gasteiger charge is -2.18. The maximum atomic E-state index is 6.69. The third kappa shape index (κ3) is 3.72. The molecule has 0 spiro atoms. The van der Waals surface area contributed by atoms with Crippen LogP contribution in [0.25, 0.3) is 54.6 Å². The van der Waals surface area contributed by atoms with Gasteiger partial charge in [0.25, 0.3) is 0 Å². The minimum absolute atomic E-state index is 0.0185. The molecule has 0 fully saturated rings. The van der Waals surface area contributed by atoms with Gasteiger partial charge in [0.15, 0.2) is 5.58 Å². The van der Waals surface area contributed by atoms with Crippen LogP contribution in [0.3, 0.4) is 0 Å². The summed E-state index contributed by atoms with van der Waals surface area (Å²) in [7, 11) is 0. The zero-order chi connectivity index (χ0) is 25.9. The molecule has 0 aliphatic carbocycles. The van der Waals surface area contributed by atoms with Crippen molar-refractivity contribution >= 4 is 54.9 Å². The Morgan fingerprint density at radius 1 is 0.553 bits per heavy atom. The SMILES string of the molecule is CC(C)(C)c1cccc2c1oc1c(Nc3ccc(-c4ccc5ccccc5c4)cc3)cc3ccccc3c12. The highest BCUT2D eigenvalue weighted by Gasteiger charge is 2.22. The second kappa shape index (κ2) is 8.49. The van der Waals surface area contributed by atoms with E-state index in [1.54, 1.807) is 0 Å². The number of anilines is 2. The molecule has 38 heavy (non-hydrogen) atoms. The molecule has 1 aromatic heterocycles. The van der Waals surface area contributed by atoms with Crippen molar-refractivity contribution in [3.8, 4) is 11.1 Å². The van der Waals surface area contributed by atoms with Crippen LogP contribution in [-0.2, 0) is 5.41 Å². The number of fused-ring (bicyclic) bond motifs is 6. The van der Waals surface area contributed by atoms with Gasteiger partial charge in [-0.3, -0.25) is 0 Å². The van der Waals surface area contributed by atoms with E-state index in [1.165, 1.54) is 49.0 Å². The molecule has 0 amide bonds. The second-order valence-corrected chi connectivity index (χ2v) is 11.1. The predicted molar refractivity (Wildman–Crippen MR) is 163 cm³/mol. The van der Waals surface area contributed by atoms with E-state index in [0.717, 1.165) is 22.5 Å². The Morgan fingerprint density at radius 2 is 1.24 bits per heavy atom. The lowest BCUT2D eigenvalue weighted by atomic mass is 9.86. The van der Waals surface area contributed by atoms with Crippen molar-refractivity contribution in [3.05, 3.63) is 121 Å². The minimum Gasteiger partial charge on any atom is -0.454 e. The zero-order valence-electron chi connectivity index (χ0n) is 21.9. The molecule has 0 radical (unpaired) electrons. The fraction of sp³-hybridized carbons (Fsp3) is 0.111. The van der Waals surface area contributed by atoms with Crippen LogP contribution in [0.1, 0.15) is 26.3 Å². The van der Waals surface area contributed by atoms with Crippen LogP contribution < -0.4 is 5.32 Å². The van der Waals surface area contributed by atoms with Crippen molar-refractivity contribution in [3.63, 3.8) is 0 Å². The first-order chi connectivity index (χ1) is 18.5. The molecule has 184 valence electrons. The van der Waals surface area contributed by atoms with Gasteiger partial charge in [0, 0.05) is 22.0 Å². The van der Waals surface area contributed by atoms with Gasteiger partial charge in [0.1, 0.15) is 5.58 Å². The molecule has 7 rings (SSSR count). The molecule has 2 nitrogen and oxygen atoms in total. The van der Waals surface area contributed by atoms with Crippen LogP contribution >= 0.6 is 0 Å². The molecule has 0 aliphatic heterocycles. The monoisotopic (exact) mass is 491 g/mol. The van der Waals surface area contributed by atoms with Crippen molar-refractivity contribution < 1.29 is 4.42 Å². The van der Waals surface area contributed by atoms with Crippen molar-refractivity contribution in [2.75, 3.05) is 5.32 Å². The maximum Gasteiger partial charge on any atom is 0.159 e. The summed E-state index contributed by atoms with van der Waals surface area (Å²) in [6, 6.07) is 41.1. The molecule has 0 saturated heterocycles. The summed E-state index contributed by atoms with van der Waals surface area (Å²) in [4.78, 5) is 0. The molecule has 2 heteroatoms. The second-order valence-electron chi connectivity index (χ2n) is 11.1. The lowest BCUT2D eigenvalue weighted by molar-refractivity contribution is 0.573. The average Bonchev–Trinajstić information content (AvgIpc) is 3.33. The fourth-order valence-electron chi connectivity index (χ4n) is 5.60. The van der Waals surface area contributed by atoms with Crippen LogP contribution in [0.5, 0.6) is 0 Å². The number of hydrogen-bond donors (Lipinski definition) is 1. The molecule has 1 heterocycles. The Bertz CT molecular complexity index is 1970. The van der Waals surface area contributed by atoms with Crippen LogP contribution in [0.15, 0.2) is 120 Å². The van der Waals surface area contributed by atoms with Crippen LogP contribution in [0.2, 0.25) is 0 Å². The van der Waals surface area contributed by atoms with E-state index >= 15 is 0 Å². The smallest absolute Gasteiger partial charge is 0.159 e. The zero-order valence-corrected chi connectivity index (χ0v) is 21.9. The molecule has 0 atom stereocenters. The molecular formula is C36H29NO. The topological polar surface area (TPSA) is 25.2 Å². The molecular weight excluding hydrogens is 462 g/mol. The van der Waals surface area contributed by atoms with Gasteiger partial charge >= 0.3 is 0 Å². The summed E-state index contributed by atoms with van der Waals surface area (Å²) < 4.78 is 6.69. The molecule has 0 aliphatic rings. The number of furan rings is 1. The Morgan fingerprint density at radius 3 is 2.03 bits per heavy atom. The van der Waals surface area contributed by atoms with Gasteiger partial charge in [-0.25, -0.2) is 0 Å². The van der Waals surface area contributed by atoms with Gasteiger partial charge in [0.2, 0.25) is 0 Å². The molecule has 1 N–H and O–H groups in total. The molecule has 0 bridgehead atoms. The van der Waals surface area contributed by atoms with Gasteiger partial charge in [0.05, 0.1) is 5.69 Å².